The molecule has 1 aliphatic heterocycles. The summed E-state index contributed by atoms with van der Waals surface area (Å²) in [5.41, 5.74) is 0. The number of methoxy groups -OCH3 is 1. The van der Waals surface area contributed by atoms with E-state index in [9.17, 15) is 19.2 Å². The molecule has 2 rings (SSSR count). The lowest BCUT2D eigenvalue weighted by atomic mass is 9.98. The molecule has 10 nitrogen and oxygen atoms in total. The van der Waals surface area contributed by atoms with Gasteiger partial charge in [-0.1, -0.05) is 6.92 Å². The van der Waals surface area contributed by atoms with Gasteiger partial charge in [-0.05, 0) is 11.4 Å². The van der Waals surface area contributed by atoms with Gasteiger partial charge in [-0.25, -0.2) is 0 Å². The molecule has 11 heteroatoms. The topological polar surface area (TPSA) is 124 Å². The molecule has 1 aromatic heterocycles. The van der Waals surface area contributed by atoms with Crippen LogP contribution < -0.4 is 4.74 Å². The summed E-state index contributed by atoms with van der Waals surface area (Å²) in [7, 11) is 1.34. The van der Waals surface area contributed by atoms with Crippen LogP contribution in [0.25, 0.3) is 0 Å². The molecule has 0 amide bonds. The first kappa shape index (κ1) is 23.8. The molecule has 0 spiro atoms. The molecule has 1 aromatic rings. The summed E-state index contributed by atoms with van der Waals surface area (Å²) in [4.78, 5) is 46.5. The molecule has 1 fully saturated rings. The zero-order valence-electron chi connectivity index (χ0n) is 17.0. The predicted molar refractivity (Wildman–Crippen MR) is 102 cm³/mol. The van der Waals surface area contributed by atoms with Crippen LogP contribution in [0.3, 0.4) is 0 Å². The van der Waals surface area contributed by atoms with Gasteiger partial charge in [-0.15, -0.1) is 11.3 Å². The maximum Gasteiger partial charge on any atom is 0.305 e. The Bertz CT molecular complexity index is 760. The van der Waals surface area contributed by atoms with E-state index in [0.29, 0.717) is 11.2 Å². The molecule has 5 unspecified atom stereocenters. The van der Waals surface area contributed by atoms with Gasteiger partial charge < -0.3 is 28.4 Å². The maximum atomic E-state index is 11.7. The molecule has 30 heavy (non-hydrogen) atoms. The summed E-state index contributed by atoms with van der Waals surface area (Å²) in [6, 6.07) is 1.56. The van der Waals surface area contributed by atoms with Crippen molar-refractivity contribution in [3.63, 3.8) is 0 Å². The minimum atomic E-state index is -1.22. The van der Waals surface area contributed by atoms with E-state index >= 15 is 0 Å². The summed E-state index contributed by atoms with van der Waals surface area (Å²) in [6.45, 7) is 3.78. The first-order valence-corrected chi connectivity index (χ1v) is 10.1. The van der Waals surface area contributed by atoms with Crippen LogP contribution in [0, 0.1) is 0 Å². The summed E-state index contributed by atoms with van der Waals surface area (Å²) >= 11 is 1.16. The van der Waals surface area contributed by atoms with Gasteiger partial charge in [0, 0.05) is 27.4 Å². The second-order valence-electron chi connectivity index (χ2n) is 6.31. The highest BCUT2D eigenvalue weighted by molar-refractivity contribution is 7.12. The van der Waals surface area contributed by atoms with Crippen molar-refractivity contribution in [3.05, 3.63) is 16.3 Å². The minimum absolute atomic E-state index is 0.145. The number of carbonyl (C=O) groups is 4. The molecule has 0 aliphatic carbocycles. The fourth-order valence-electron chi connectivity index (χ4n) is 2.92. The number of hydrogen-bond acceptors (Lipinski definition) is 11. The number of hydrogen-bond donors (Lipinski definition) is 0. The van der Waals surface area contributed by atoms with E-state index in [1.807, 2.05) is 0 Å². The summed E-state index contributed by atoms with van der Waals surface area (Å²) in [5.74, 6) is -1.52. The van der Waals surface area contributed by atoms with E-state index in [0.717, 1.165) is 11.3 Å². The third-order valence-corrected chi connectivity index (χ3v) is 5.00. The number of thiophene rings is 1. The number of ether oxygens (including phenoxy) is 6. The highest BCUT2D eigenvalue weighted by atomic mass is 32.1. The number of aldehydes is 1. The molecule has 5 atom stereocenters. The lowest BCUT2D eigenvalue weighted by Gasteiger charge is -2.44. The van der Waals surface area contributed by atoms with Crippen molar-refractivity contribution in [2.45, 2.75) is 57.9 Å². The monoisotopic (exact) mass is 444 g/mol. The Kier molecular flexibility index (Phi) is 8.75. The third-order valence-electron chi connectivity index (χ3n) is 4.17. The first-order valence-electron chi connectivity index (χ1n) is 9.18. The Balaban J connectivity index is 2.36. The highest BCUT2D eigenvalue weighted by Gasteiger charge is 2.52. The normalized spacial score (nSPS) is 25.8. The van der Waals surface area contributed by atoms with E-state index < -0.39 is 48.6 Å². The van der Waals surface area contributed by atoms with Crippen molar-refractivity contribution in [1.82, 2.24) is 0 Å². The maximum absolute atomic E-state index is 11.7. The Hall–Kier alpha value is -2.50. The Morgan fingerprint density at radius 3 is 2.37 bits per heavy atom. The van der Waals surface area contributed by atoms with E-state index in [4.69, 9.17) is 28.4 Å². The highest BCUT2D eigenvalue weighted by Crippen LogP contribution is 2.32. The molecule has 1 aliphatic rings. The molecule has 0 N–H and O–H groups in total. The van der Waals surface area contributed by atoms with E-state index in [1.54, 1.807) is 18.4 Å². The summed E-state index contributed by atoms with van der Waals surface area (Å²) in [5, 5.41) is 1.65. The smallest absolute Gasteiger partial charge is 0.305 e. The average molecular weight is 444 g/mol. The van der Waals surface area contributed by atoms with E-state index in [1.165, 1.54) is 21.0 Å². The SMILES string of the molecule is CCC(=O)OCC1OC(Oc2ccsc2C=O)C(OC(C)=O)C(OC)C1OC(C)=O. The number of rotatable bonds is 9. The van der Waals surface area contributed by atoms with Gasteiger partial charge >= 0.3 is 17.9 Å². The largest absolute Gasteiger partial charge is 0.463 e. The molecule has 0 bridgehead atoms. The van der Waals surface area contributed by atoms with Gasteiger partial charge in [-0.2, -0.15) is 0 Å². The molecule has 0 radical (unpaired) electrons. The quantitative estimate of drug-likeness (QED) is 0.314. The second-order valence-corrected chi connectivity index (χ2v) is 7.26. The van der Waals surface area contributed by atoms with Crippen molar-refractivity contribution in [1.29, 1.82) is 0 Å². The molecule has 2 heterocycles. The standard InChI is InChI=1S/C19H24O10S/c1-5-15(23)25-9-13-16(26-10(2)21)17(24-4)18(27-11(3)22)19(29-13)28-12-6-7-30-14(12)8-20/h6-8,13,16-19H,5,9H2,1-4H3. The lowest BCUT2D eigenvalue weighted by molar-refractivity contribution is -0.289. The molecule has 0 aromatic carbocycles. The average Bonchev–Trinajstić information content (AvgIpc) is 3.14. The molecular weight excluding hydrogens is 420 g/mol. The van der Waals surface area contributed by atoms with Crippen LogP contribution in [0.4, 0.5) is 0 Å². The number of carbonyl (C=O) groups excluding carboxylic acids is 4. The predicted octanol–water partition coefficient (Wildman–Crippen LogP) is 1.50. The van der Waals surface area contributed by atoms with Crippen LogP contribution in [-0.2, 0) is 38.1 Å². The van der Waals surface area contributed by atoms with E-state index in [2.05, 4.69) is 0 Å². The Labute approximate surface area is 177 Å². The zero-order valence-corrected chi connectivity index (χ0v) is 17.8. The van der Waals surface area contributed by atoms with Crippen LogP contribution >= 0.6 is 11.3 Å². The third kappa shape index (κ3) is 6.00. The second kappa shape index (κ2) is 11.0. The van der Waals surface area contributed by atoms with Crippen molar-refractivity contribution in [2.75, 3.05) is 13.7 Å². The zero-order chi connectivity index (χ0) is 22.3. The van der Waals surface area contributed by atoms with Gasteiger partial charge in [0.15, 0.2) is 18.5 Å². The Morgan fingerprint density at radius 1 is 1.13 bits per heavy atom. The van der Waals surface area contributed by atoms with Crippen molar-refractivity contribution in [3.8, 4) is 5.75 Å². The van der Waals surface area contributed by atoms with Crippen molar-refractivity contribution >= 4 is 35.5 Å². The fourth-order valence-corrected chi connectivity index (χ4v) is 3.55. The van der Waals surface area contributed by atoms with Gasteiger partial charge in [0.2, 0.25) is 6.29 Å². The summed E-state index contributed by atoms with van der Waals surface area (Å²) in [6.07, 6.45) is -4.58. The Morgan fingerprint density at radius 2 is 1.80 bits per heavy atom. The van der Waals surface area contributed by atoms with Crippen LogP contribution in [-0.4, -0.2) is 68.6 Å². The molecule has 0 saturated carbocycles. The van der Waals surface area contributed by atoms with Gasteiger partial charge in [0.05, 0.1) is 0 Å². The van der Waals surface area contributed by atoms with Gasteiger partial charge in [0.1, 0.15) is 29.4 Å². The first-order chi connectivity index (χ1) is 14.3. The number of esters is 3. The van der Waals surface area contributed by atoms with Crippen LogP contribution in [0.15, 0.2) is 11.4 Å². The molecular formula is C19H24O10S. The van der Waals surface area contributed by atoms with Gasteiger partial charge in [-0.3, -0.25) is 19.2 Å². The minimum Gasteiger partial charge on any atom is -0.463 e. The van der Waals surface area contributed by atoms with E-state index in [-0.39, 0.29) is 18.8 Å². The fraction of sp³-hybridized carbons (Fsp3) is 0.579. The van der Waals surface area contributed by atoms with Crippen molar-refractivity contribution < 1.29 is 47.6 Å². The molecule has 1 saturated heterocycles. The van der Waals surface area contributed by atoms with Crippen LogP contribution in [0.1, 0.15) is 36.9 Å². The molecule has 166 valence electrons. The van der Waals surface area contributed by atoms with Gasteiger partial charge in [0.25, 0.3) is 0 Å². The summed E-state index contributed by atoms with van der Waals surface area (Å²) < 4.78 is 33.0. The van der Waals surface area contributed by atoms with Crippen molar-refractivity contribution in [2.24, 2.45) is 0 Å². The van der Waals surface area contributed by atoms with Crippen LogP contribution in [0.2, 0.25) is 0 Å². The van der Waals surface area contributed by atoms with Crippen LogP contribution in [0.5, 0.6) is 5.75 Å². The lowest BCUT2D eigenvalue weighted by Crippen LogP contribution is -2.63.